The Morgan fingerprint density at radius 2 is 1.95 bits per heavy atom. The molecule has 0 radical (unpaired) electrons. The lowest BCUT2D eigenvalue weighted by Gasteiger charge is -2.38. The lowest BCUT2D eigenvalue weighted by molar-refractivity contribution is -0.387. The Balaban J connectivity index is 1.93. The van der Waals surface area contributed by atoms with Crippen molar-refractivity contribution in [2.75, 3.05) is 26.2 Å². The third-order valence-corrected chi connectivity index (χ3v) is 4.90. The summed E-state index contributed by atoms with van der Waals surface area (Å²) < 4.78 is 13.6. The monoisotopic (exact) mass is 307 g/mol. The molecule has 3 rings (SSSR count). The van der Waals surface area contributed by atoms with E-state index in [-0.39, 0.29) is 6.04 Å². The molecule has 5 nitrogen and oxygen atoms in total. The van der Waals surface area contributed by atoms with Crippen LogP contribution < -0.4 is 5.32 Å². The van der Waals surface area contributed by atoms with Crippen LogP contribution in [0.4, 0.5) is 10.1 Å². The summed E-state index contributed by atoms with van der Waals surface area (Å²) in [5.41, 5.74) is 0.484. The van der Waals surface area contributed by atoms with Crippen molar-refractivity contribution < 1.29 is 9.31 Å². The zero-order valence-electron chi connectivity index (χ0n) is 12.6. The lowest BCUT2D eigenvalue weighted by atomic mass is 9.89. The maximum atomic E-state index is 13.6. The van der Waals surface area contributed by atoms with Crippen LogP contribution >= 0.6 is 0 Å². The smallest absolute Gasteiger partial charge is 0.305 e. The summed E-state index contributed by atoms with van der Waals surface area (Å²) in [6, 6.07) is 4.59. The van der Waals surface area contributed by atoms with Crippen molar-refractivity contribution in [3.8, 4) is 0 Å². The molecule has 1 aliphatic heterocycles. The predicted molar refractivity (Wildman–Crippen MR) is 82.2 cm³/mol. The summed E-state index contributed by atoms with van der Waals surface area (Å²) in [6.07, 6.45) is 4.74. The molecular formula is C16H22FN3O2. The Kier molecular flexibility index (Phi) is 4.69. The van der Waals surface area contributed by atoms with Crippen molar-refractivity contribution in [3.05, 3.63) is 39.7 Å². The SMILES string of the molecule is O=[N+]([O-])c1cc([C@@H](C2CCCC2)N2CCNCC2)ccc1F. The van der Waals surface area contributed by atoms with Gasteiger partial charge < -0.3 is 5.32 Å². The van der Waals surface area contributed by atoms with Gasteiger partial charge in [0.15, 0.2) is 0 Å². The highest BCUT2D eigenvalue weighted by atomic mass is 19.1. The second-order valence-corrected chi connectivity index (χ2v) is 6.24. The van der Waals surface area contributed by atoms with E-state index in [1.54, 1.807) is 6.07 Å². The molecule has 1 saturated heterocycles. The number of halogens is 1. The molecule has 0 unspecified atom stereocenters. The number of nitrogens with zero attached hydrogens (tertiary/aromatic N) is 2. The Bertz CT molecular complexity index is 540. The molecule has 2 aliphatic rings. The van der Waals surface area contributed by atoms with Gasteiger partial charge in [-0.15, -0.1) is 0 Å². The third-order valence-electron chi connectivity index (χ3n) is 4.90. The summed E-state index contributed by atoms with van der Waals surface area (Å²) in [4.78, 5) is 12.8. The van der Waals surface area contributed by atoms with Crippen molar-refractivity contribution in [3.63, 3.8) is 0 Å². The molecule has 0 spiro atoms. The van der Waals surface area contributed by atoms with Gasteiger partial charge in [-0.3, -0.25) is 15.0 Å². The Labute approximate surface area is 129 Å². The van der Waals surface area contributed by atoms with Crippen LogP contribution in [-0.4, -0.2) is 36.0 Å². The lowest BCUT2D eigenvalue weighted by Crippen LogP contribution is -2.46. The van der Waals surface area contributed by atoms with Crippen molar-refractivity contribution >= 4 is 5.69 Å². The molecule has 1 aromatic rings. The van der Waals surface area contributed by atoms with Gasteiger partial charge in [-0.25, -0.2) is 0 Å². The van der Waals surface area contributed by atoms with Crippen molar-refractivity contribution in [1.29, 1.82) is 0 Å². The first-order valence-electron chi connectivity index (χ1n) is 8.05. The average molecular weight is 307 g/mol. The fourth-order valence-electron chi connectivity index (χ4n) is 3.87. The first-order chi connectivity index (χ1) is 10.7. The van der Waals surface area contributed by atoms with Crippen LogP contribution in [0, 0.1) is 21.8 Å². The largest absolute Gasteiger partial charge is 0.314 e. The van der Waals surface area contributed by atoms with Crippen LogP contribution in [0.25, 0.3) is 0 Å². The van der Waals surface area contributed by atoms with Gasteiger partial charge in [0.1, 0.15) is 0 Å². The van der Waals surface area contributed by atoms with E-state index in [1.165, 1.54) is 25.0 Å². The van der Waals surface area contributed by atoms with E-state index < -0.39 is 16.4 Å². The summed E-state index contributed by atoms with van der Waals surface area (Å²) in [5, 5.41) is 14.4. The molecule has 0 amide bonds. The van der Waals surface area contributed by atoms with E-state index >= 15 is 0 Å². The standard InChI is InChI=1S/C16H22FN3O2/c17-14-6-5-13(11-15(14)20(21)22)16(12-3-1-2-4-12)19-9-7-18-8-10-19/h5-6,11-12,16,18H,1-4,7-10H2/t16-/m1/s1. The van der Waals surface area contributed by atoms with Crippen LogP contribution in [0.3, 0.4) is 0 Å². The number of nitrogens with one attached hydrogen (secondary N) is 1. The van der Waals surface area contributed by atoms with Crippen molar-refractivity contribution in [2.24, 2.45) is 5.92 Å². The summed E-state index contributed by atoms with van der Waals surface area (Å²) in [5.74, 6) is -0.234. The van der Waals surface area contributed by atoms with Gasteiger partial charge in [0.25, 0.3) is 0 Å². The number of rotatable bonds is 4. The van der Waals surface area contributed by atoms with E-state index in [0.29, 0.717) is 5.92 Å². The highest BCUT2D eigenvalue weighted by Crippen LogP contribution is 2.40. The molecule has 120 valence electrons. The molecule has 2 fully saturated rings. The molecule has 1 saturated carbocycles. The van der Waals surface area contributed by atoms with Crippen LogP contribution in [0.15, 0.2) is 18.2 Å². The van der Waals surface area contributed by atoms with Crippen LogP contribution in [0.1, 0.15) is 37.3 Å². The molecule has 1 N–H and O–H groups in total. The van der Waals surface area contributed by atoms with E-state index in [9.17, 15) is 14.5 Å². The Morgan fingerprint density at radius 3 is 2.59 bits per heavy atom. The molecule has 1 aliphatic carbocycles. The minimum absolute atomic E-state index is 0.170. The fourth-order valence-corrected chi connectivity index (χ4v) is 3.87. The number of benzene rings is 1. The maximum absolute atomic E-state index is 13.6. The van der Waals surface area contributed by atoms with Gasteiger partial charge in [0.05, 0.1) is 4.92 Å². The van der Waals surface area contributed by atoms with Crippen molar-refractivity contribution in [2.45, 2.75) is 31.7 Å². The second kappa shape index (κ2) is 6.71. The van der Waals surface area contributed by atoms with Crippen molar-refractivity contribution in [1.82, 2.24) is 10.2 Å². The van der Waals surface area contributed by atoms with Gasteiger partial charge in [-0.1, -0.05) is 18.9 Å². The highest BCUT2D eigenvalue weighted by Gasteiger charge is 2.33. The summed E-state index contributed by atoms with van der Waals surface area (Å²) >= 11 is 0. The maximum Gasteiger partial charge on any atom is 0.305 e. The molecule has 0 aromatic heterocycles. The van der Waals surface area contributed by atoms with E-state index in [2.05, 4.69) is 10.2 Å². The molecule has 0 bridgehead atoms. The zero-order valence-corrected chi connectivity index (χ0v) is 12.6. The van der Waals surface area contributed by atoms with E-state index in [0.717, 1.165) is 44.6 Å². The van der Waals surface area contributed by atoms with Gasteiger partial charge in [0, 0.05) is 38.3 Å². The zero-order chi connectivity index (χ0) is 15.5. The Morgan fingerprint density at radius 1 is 1.27 bits per heavy atom. The molecule has 1 atom stereocenters. The predicted octanol–water partition coefficient (Wildman–Crippen LogP) is 2.87. The molecular weight excluding hydrogens is 285 g/mol. The van der Waals surface area contributed by atoms with Gasteiger partial charge >= 0.3 is 5.69 Å². The number of hydrogen-bond donors (Lipinski definition) is 1. The van der Waals surface area contributed by atoms with E-state index in [1.807, 2.05) is 0 Å². The minimum Gasteiger partial charge on any atom is -0.314 e. The fraction of sp³-hybridized carbons (Fsp3) is 0.625. The normalized spacial score (nSPS) is 21.9. The first-order valence-corrected chi connectivity index (χ1v) is 8.05. The topological polar surface area (TPSA) is 58.4 Å². The van der Waals surface area contributed by atoms with Gasteiger partial charge in [-0.2, -0.15) is 4.39 Å². The summed E-state index contributed by atoms with van der Waals surface area (Å²) in [6.45, 7) is 3.75. The van der Waals surface area contributed by atoms with Crippen LogP contribution in [-0.2, 0) is 0 Å². The second-order valence-electron chi connectivity index (χ2n) is 6.24. The third kappa shape index (κ3) is 3.13. The number of hydrogen-bond acceptors (Lipinski definition) is 4. The van der Waals surface area contributed by atoms with Gasteiger partial charge in [0.2, 0.25) is 5.82 Å². The number of nitro groups is 1. The van der Waals surface area contributed by atoms with Crippen LogP contribution in [0.5, 0.6) is 0 Å². The van der Waals surface area contributed by atoms with Crippen LogP contribution in [0.2, 0.25) is 0 Å². The Hall–Kier alpha value is -1.53. The molecule has 1 heterocycles. The minimum atomic E-state index is -0.751. The average Bonchev–Trinajstić information content (AvgIpc) is 3.04. The quantitative estimate of drug-likeness (QED) is 0.686. The van der Waals surface area contributed by atoms with E-state index in [4.69, 9.17) is 0 Å². The molecule has 6 heteroatoms. The molecule has 22 heavy (non-hydrogen) atoms. The summed E-state index contributed by atoms with van der Waals surface area (Å²) in [7, 11) is 0. The highest BCUT2D eigenvalue weighted by molar-refractivity contribution is 5.38. The first kappa shape index (κ1) is 15.4. The number of piperazine rings is 1. The number of nitro benzene ring substituents is 1. The molecule has 1 aromatic carbocycles. The van der Waals surface area contributed by atoms with Gasteiger partial charge in [-0.05, 0) is 30.4 Å².